The fourth-order valence-electron chi connectivity index (χ4n) is 6.55. The van der Waals surface area contributed by atoms with E-state index in [4.69, 9.17) is 4.74 Å². The van der Waals surface area contributed by atoms with Crippen molar-refractivity contribution in [3.63, 3.8) is 0 Å². The molecule has 9 heteroatoms. The summed E-state index contributed by atoms with van der Waals surface area (Å²) in [6.07, 6.45) is 0. The number of H-pyrrole nitrogens is 1. The molecule has 0 bridgehead atoms. The Morgan fingerprint density at radius 1 is 0.944 bits per heavy atom. The van der Waals surface area contributed by atoms with Gasteiger partial charge in [-0.2, -0.15) is 0 Å². The monoisotopic (exact) mass is 482 g/mol. The van der Waals surface area contributed by atoms with Crippen LogP contribution in [0, 0.1) is 23.7 Å². The Balaban J connectivity index is 1.06. The molecule has 3 aliphatic rings. The number of hydrogen-bond acceptors (Lipinski definition) is 6. The smallest absolute Gasteiger partial charge is 0.272 e. The van der Waals surface area contributed by atoms with Crippen LogP contribution in [-0.2, 0) is 0 Å². The summed E-state index contributed by atoms with van der Waals surface area (Å²) < 4.78 is 5.75. The summed E-state index contributed by atoms with van der Waals surface area (Å²) in [4.78, 5) is 35.2. The first-order valence-corrected chi connectivity index (χ1v) is 12.5. The molecule has 4 atom stereocenters. The minimum Gasteiger partial charge on any atom is -0.478 e. The first-order chi connectivity index (χ1) is 17.6. The van der Waals surface area contributed by atoms with Crippen LogP contribution in [0.3, 0.4) is 0 Å². The number of aromatic amines is 1. The molecule has 2 aromatic heterocycles. The molecular formula is C27H26N6O3. The molecule has 0 radical (unpaired) electrons. The zero-order valence-corrected chi connectivity index (χ0v) is 19.9. The number of fused-ring (bicyclic) bond motifs is 6. The van der Waals surface area contributed by atoms with E-state index in [1.54, 1.807) is 6.07 Å². The molecule has 0 spiro atoms. The van der Waals surface area contributed by atoms with Crippen LogP contribution in [0.5, 0.6) is 5.88 Å². The van der Waals surface area contributed by atoms with Crippen LogP contribution in [0.2, 0.25) is 0 Å². The van der Waals surface area contributed by atoms with Gasteiger partial charge in [-0.1, -0.05) is 23.4 Å². The number of aromatic nitrogens is 4. The van der Waals surface area contributed by atoms with Crippen molar-refractivity contribution in [1.29, 1.82) is 0 Å². The van der Waals surface area contributed by atoms with Crippen molar-refractivity contribution in [1.82, 2.24) is 30.2 Å². The quantitative estimate of drug-likeness (QED) is 0.480. The normalized spacial score (nSPS) is 24.6. The van der Waals surface area contributed by atoms with E-state index in [0.717, 1.165) is 42.5 Å². The molecule has 9 nitrogen and oxygen atoms in total. The molecule has 2 aliphatic heterocycles. The highest BCUT2D eigenvalue weighted by molar-refractivity contribution is 5.99. The van der Waals surface area contributed by atoms with E-state index in [9.17, 15) is 9.59 Å². The van der Waals surface area contributed by atoms with Crippen LogP contribution >= 0.6 is 0 Å². The summed E-state index contributed by atoms with van der Waals surface area (Å²) in [6.45, 7) is 5.33. The van der Waals surface area contributed by atoms with E-state index >= 15 is 0 Å². The Labute approximate surface area is 207 Å². The van der Waals surface area contributed by atoms with Crippen LogP contribution in [0.25, 0.3) is 21.8 Å². The maximum atomic E-state index is 13.5. The summed E-state index contributed by atoms with van der Waals surface area (Å²) in [6, 6.07) is 15.2. The van der Waals surface area contributed by atoms with Crippen LogP contribution < -0.4 is 4.74 Å². The SMILES string of the molecule is CCOc1nc(C(=O)N2CC3C(C2)[C@@H]2CN(C(=O)c4ccc5[nH]nnc5c4)C[C@H]32)cc2ccccc12. The highest BCUT2D eigenvalue weighted by atomic mass is 16.5. The number of nitrogens with one attached hydrogen (secondary N) is 1. The van der Waals surface area contributed by atoms with E-state index < -0.39 is 0 Å². The third kappa shape index (κ3) is 3.18. The van der Waals surface area contributed by atoms with Crippen molar-refractivity contribution in [2.45, 2.75) is 6.92 Å². The van der Waals surface area contributed by atoms with Crippen molar-refractivity contribution in [3.8, 4) is 5.88 Å². The molecule has 2 saturated heterocycles. The lowest BCUT2D eigenvalue weighted by Crippen LogP contribution is -2.44. The van der Waals surface area contributed by atoms with Gasteiger partial charge in [-0.3, -0.25) is 14.7 Å². The molecule has 2 amide bonds. The van der Waals surface area contributed by atoms with Gasteiger partial charge in [0.2, 0.25) is 5.88 Å². The van der Waals surface area contributed by atoms with Gasteiger partial charge in [0.25, 0.3) is 11.8 Å². The first kappa shape index (κ1) is 21.3. The van der Waals surface area contributed by atoms with E-state index in [0.29, 0.717) is 52.9 Å². The van der Waals surface area contributed by atoms with E-state index in [-0.39, 0.29) is 11.8 Å². The Kier molecular flexibility index (Phi) is 4.74. The lowest BCUT2D eigenvalue weighted by Gasteiger charge is -2.42. The Morgan fingerprint density at radius 2 is 1.64 bits per heavy atom. The van der Waals surface area contributed by atoms with Gasteiger partial charge < -0.3 is 14.5 Å². The van der Waals surface area contributed by atoms with Gasteiger partial charge in [-0.15, -0.1) is 5.10 Å². The van der Waals surface area contributed by atoms with Crippen LogP contribution in [0.4, 0.5) is 0 Å². The minimum atomic E-state index is -0.0389. The van der Waals surface area contributed by atoms with Crippen molar-refractivity contribution in [3.05, 3.63) is 59.8 Å². The number of ether oxygens (including phenoxy) is 1. The average Bonchev–Trinajstić information content (AvgIpc) is 3.62. The van der Waals surface area contributed by atoms with Crippen molar-refractivity contribution in [2.24, 2.45) is 23.7 Å². The second-order valence-electron chi connectivity index (χ2n) is 10.1. The molecular weight excluding hydrogens is 456 g/mol. The number of pyridine rings is 1. The van der Waals surface area contributed by atoms with E-state index in [1.807, 2.05) is 59.2 Å². The van der Waals surface area contributed by atoms with Crippen LogP contribution in [0.15, 0.2) is 48.5 Å². The molecule has 4 aromatic rings. The van der Waals surface area contributed by atoms with E-state index in [2.05, 4.69) is 20.4 Å². The van der Waals surface area contributed by atoms with Crippen LogP contribution in [0.1, 0.15) is 27.8 Å². The van der Waals surface area contributed by atoms with Gasteiger partial charge in [0.05, 0.1) is 12.1 Å². The minimum absolute atomic E-state index is 0.0389. The van der Waals surface area contributed by atoms with Gasteiger partial charge in [0.1, 0.15) is 11.2 Å². The van der Waals surface area contributed by atoms with Crippen molar-refractivity contribution >= 4 is 33.6 Å². The lowest BCUT2D eigenvalue weighted by atomic mass is 9.60. The second kappa shape index (κ2) is 8.01. The Bertz CT molecular complexity index is 1500. The summed E-state index contributed by atoms with van der Waals surface area (Å²) in [5, 5.41) is 12.5. The molecule has 2 unspecified atom stereocenters. The van der Waals surface area contributed by atoms with Gasteiger partial charge in [0, 0.05) is 37.1 Å². The molecule has 1 saturated carbocycles. The molecule has 1 N–H and O–H groups in total. The van der Waals surface area contributed by atoms with E-state index in [1.165, 1.54) is 0 Å². The number of amides is 2. The summed E-state index contributed by atoms with van der Waals surface area (Å²) in [7, 11) is 0. The summed E-state index contributed by atoms with van der Waals surface area (Å²) in [5.74, 6) is 2.26. The zero-order chi connectivity index (χ0) is 24.4. The van der Waals surface area contributed by atoms with Gasteiger partial charge in [0.15, 0.2) is 0 Å². The molecule has 2 aromatic carbocycles. The standard InChI is InChI=1S/C27H26N6O3/c1-2-36-25-17-6-4-3-5-15(17)9-24(28-25)27(35)33-13-20-18-11-32(12-19(18)21(20)14-33)26(34)16-7-8-22-23(10-16)30-31-29-22/h3-10,18-21H,2,11-14H2,1H3,(H,29,30,31)/t18-,19+,20?,21?. The zero-order valence-electron chi connectivity index (χ0n) is 19.9. The van der Waals surface area contributed by atoms with Crippen LogP contribution in [-0.4, -0.2) is 74.8 Å². The maximum absolute atomic E-state index is 13.5. The second-order valence-corrected chi connectivity index (χ2v) is 10.1. The highest BCUT2D eigenvalue weighted by Crippen LogP contribution is 2.54. The first-order valence-electron chi connectivity index (χ1n) is 12.5. The molecule has 1 aliphatic carbocycles. The Hall–Kier alpha value is -4.01. The predicted molar refractivity (Wildman–Crippen MR) is 133 cm³/mol. The third-order valence-corrected chi connectivity index (χ3v) is 8.28. The third-order valence-electron chi connectivity index (χ3n) is 8.28. The topological polar surface area (TPSA) is 104 Å². The summed E-state index contributed by atoms with van der Waals surface area (Å²) in [5.41, 5.74) is 2.60. The molecule has 36 heavy (non-hydrogen) atoms. The number of carbonyl (C=O) groups excluding carboxylic acids is 2. The number of carbonyl (C=O) groups is 2. The molecule has 7 rings (SSSR count). The number of benzene rings is 2. The van der Waals surface area contributed by atoms with Gasteiger partial charge >= 0.3 is 0 Å². The predicted octanol–water partition coefficient (Wildman–Crippen LogP) is 3.00. The summed E-state index contributed by atoms with van der Waals surface area (Å²) >= 11 is 0. The lowest BCUT2D eigenvalue weighted by molar-refractivity contribution is 0.0629. The van der Waals surface area contributed by atoms with Crippen molar-refractivity contribution in [2.75, 3.05) is 32.8 Å². The largest absolute Gasteiger partial charge is 0.478 e. The fraction of sp³-hybridized carbons (Fsp3) is 0.370. The maximum Gasteiger partial charge on any atom is 0.272 e. The number of nitrogens with zero attached hydrogens (tertiary/aromatic N) is 5. The average molecular weight is 483 g/mol. The highest BCUT2D eigenvalue weighted by Gasteiger charge is 2.59. The van der Waals surface area contributed by atoms with Gasteiger partial charge in [-0.25, -0.2) is 4.98 Å². The number of hydrogen-bond donors (Lipinski definition) is 1. The number of likely N-dealkylation sites (tertiary alicyclic amines) is 2. The molecule has 3 fully saturated rings. The molecule has 182 valence electrons. The molecule has 4 heterocycles. The number of rotatable bonds is 4. The van der Waals surface area contributed by atoms with Crippen molar-refractivity contribution < 1.29 is 14.3 Å². The Morgan fingerprint density at radius 3 is 2.36 bits per heavy atom. The fourth-order valence-corrected chi connectivity index (χ4v) is 6.55. The van der Waals surface area contributed by atoms with Gasteiger partial charge in [-0.05, 0) is 66.3 Å².